The second-order valence-corrected chi connectivity index (χ2v) is 8.05. The summed E-state index contributed by atoms with van der Waals surface area (Å²) in [4.78, 5) is 23.4. The van der Waals surface area contributed by atoms with Gasteiger partial charge in [0.2, 0.25) is 0 Å². The quantitative estimate of drug-likeness (QED) is 0.225. The number of aliphatic hydroxyl groups is 2. The Balaban J connectivity index is 0. The lowest BCUT2D eigenvalue weighted by atomic mass is 10.1. The van der Waals surface area contributed by atoms with Crippen LogP contribution >= 0.6 is 0 Å². The molecule has 0 aromatic heterocycles. The molecule has 2 atom stereocenters. The number of hydrogen-bond donors (Lipinski definition) is 2. The monoisotopic (exact) mass is 432 g/mol. The summed E-state index contributed by atoms with van der Waals surface area (Å²) < 4.78 is 10.5. The van der Waals surface area contributed by atoms with Gasteiger partial charge in [-0.2, -0.15) is 0 Å². The summed E-state index contributed by atoms with van der Waals surface area (Å²) in [5.74, 6) is -0.371. The fourth-order valence-corrected chi connectivity index (χ4v) is 2.70. The highest BCUT2D eigenvalue weighted by atomic mass is 16.6. The predicted octanol–water partition coefficient (Wildman–Crippen LogP) is 5.32. The van der Waals surface area contributed by atoms with E-state index in [-0.39, 0.29) is 31.3 Å². The smallest absolute Gasteiger partial charge is 0.306 e. The molecule has 0 aliphatic rings. The zero-order valence-corrected chi connectivity index (χ0v) is 20.0. The molecule has 6 nitrogen and oxygen atoms in total. The highest BCUT2D eigenvalue weighted by molar-refractivity contribution is 5.70. The molecule has 0 aromatic carbocycles. The first-order chi connectivity index (χ1) is 14.4. The third kappa shape index (κ3) is 26.9. The van der Waals surface area contributed by atoms with Gasteiger partial charge in [-0.3, -0.25) is 9.59 Å². The van der Waals surface area contributed by atoms with E-state index in [0.29, 0.717) is 12.8 Å². The highest BCUT2D eigenvalue weighted by Gasteiger charge is 2.12. The molecule has 0 saturated heterocycles. The normalized spacial score (nSPS) is 12.5. The molecular formula is C24H48O6. The van der Waals surface area contributed by atoms with E-state index in [1.807, 2.05) is 0 Å². The summed E-state index contributed by atoms with van der Waals surface area (Å²) in [5, 5.41) is 16.0. The number of ether oxygens (including phenoxy) is 2. The second kappa shape index (κ2) is 24.1. The van der Waals surface area contributed by atoms with Gasteiger partial charge in [0.25, 0.3) is 0 Å². The molecule has 0 saturated carbocycles. The molecule has 0 heterocycles. The van der Waals surface area contributed by atoms with Crippen molar-refractivity contribution in [2.45, 2.75) is 130 Å². The number of rotatable bonds is 18. The molecule has 180 valence electrons. The Morgan fingerprint density at radius 1 is 0.733 bits per heavy atom. The number of carbonyl (C=O) groups excluding carboxylic acids is 2. The number of esters is 2. The Hall–Kier alpha value is -1.14. The van der Waals surface area contributed by atoms with Crippen LogP contribution in [0.1, 0.15) is 118 Å². The number of aliphatic hydroxyl groups excluding tert-OH is 2. The van der Waals surface area contributed by atoms with Gasteiger partial charge in [0.1, 0.15) is 12.7 Å². The first-order valence-corrected chi connectivity index (χ1v) is 12.0. The van der Waals surface area contributed by atoms with E-state index in [1.165, 1.54) is 58.3 Å². The fraction of sp³-hybridized carbons (Fsp3) is 0.917. The third-order valence-electron chi connectivity index (χ3n) is 4.54. The average Bonchev–Trinajstić information content (AvgIpc) is 2.72. The maximum Gasteiger partial charge on any atom is 0.306 e. The number of carbonyl (C=O) groups is 2. The summed E-state index contributed by atoms with van der Waals surface area (Å²) in [6, 6.07) is 0. The lowest BCUT2D eigenvalue weighted by molar-refractivity contribution is -0.158. The van der Waals surface area contributed by atoms with Crippen LogP contribution in [-0.4, -0.2) is 47.6 Å². The van der Waals surface area contributed by atoms with Crippen molar-refractivity contribution in [3.63, 3.8) is 0 Å². The van der Waals surface area contributed by atoms with Gasteiger partial charge in [-0.1, -0.05) is 78.1 Å². The first kappa shape index (κ1) is 31.0. The van der Waals surface area contributed by atoms with E-state index >= 15 is 0 Å². The summed E-state index contributed by atoms with van der Waals surface area (Å²) in [5.41, 5.74) is 0. The molecule has 0 rings (SSSR count). The van der Waals surface area contributed by atoms with Crippen LogP contribution in [0.25, 0.3) is 0 Å². The Labute approximate surface area is 184 Å². The number of unbranched alkanes of at least 4 members (excludes halogenated alkanes) is 10. The van der Waals surface area contributed by atoms with Crippen LogP contribution in [-0.2, 0) is 19.1 Å². The van der Waals surface area contributed by atoms with E-state index in [1.54, 1.807) is 6.92 Å². The minimum Gasteiger partial charge on any atom is -0.462 e. The van der Waals surface area contributed by atoms with Crippen LogP contribution in [0.2, 0.25) is 0 Å². The van der Waals surface area contributed by atoms with Gasteiger partial charge in [-0.15, -0.1) is 0 Å². The van der Waals surface area contributed by atoms with Crippen molar-refractivity contribution in [1.29, 1.82) is 0 Å². The lowest BCUT2D eigenvalue weighted by Gasteiger charge is -2.13. The Bertz CT molecular complexity index is 384. The minimum absolute atomic E-state index is 0.139. The molecule has 2 N–H and O–H groups in total. The van der Waals surface area contributed by atoms with Gasteiger partial charge in [0.05, 0.1) is 12.7 Å². The van der Waals surface area contributed by atoms with Crippen LogP contribution < -0.4 is 0 Å². The van der Waals surface area contributed by atoms with Crippen LogP contribution in [0.5, 0.6) is 0 Å². The van der Waals surface area contributed by atoms with E-state index in [9.17, 15) is 9.59 Å². The van der Waals surface area contributed by atoms with Gasteiger partial charge >= 0.3 is 11.9 Å². The maximum atomic E-state index is 11.7. The maximum absolute atomic E-state index is 11.7. The topological polar surface area (TPSA) is 93.1 Å². The van der Waals surface area contributed by atoms with Crippen molar-refractivity contribution >= 4 is 11.9 Å². The zero-order chi connectivity index (χ0) is 23.0. The van der Waals surface area contributed by atoms with E-state index in [4.69, 9.17) is 19.7 Å². The summed E-state index contributed by atoms with van der Waals surface area (Å²) in [7, 11) is 0. The molecule has 0 aliphatic carbocycles. The predicted molar refractivity (Wildman–Crippen MR) is 121 cm³/mol. The third-order valence-corrected chi connectivity index (χ3v) is 4.54. The first-order valence-electron chi connectivity index (χ1n) is 12.0. The summed E-state index contributed by atoms with van der Waals surface area (Å²) >= 11 is 0. The van der Waals surface area contributed by atoms with Gasteiger partial charge in [0.15, 0.2) is 0 Å². The zero-order valence-electron chi connectivity index (χ0n) is 20.0. The Kier molecular flexibility index (Phi) is 25.0. The van der Waals surface area contributed by atoms with Gasteiger partial charge in [0, 0.05) is 12.8 Å². The SMILES string of the molecule is CC(O)CO.CCCCCCCCC(=O)OCC(C)OC(=O)CCCCCCCC. The average molecular weight is 433 g/mol. The fourth-order valence-electron chi connectivity index (χ4n) is 2.70. The second-order valence-electron chi connectivity index (χ2n) is 8.05. The molecule has 0 spiro atoms. The van der Waals surface area contributed by atoms with Crippen LogP contribution in [0, 0.1) is 0 Å². The Morgan fingerprint density at radius 2 is 1.13 bits per heavy atom. The van der Waals surface area contributed by atoms with Crippen molar-refractivity contribution in [1.82, 2.24) is 0 Å². The van der Waals surface area contributed by atoms with Crippen molar-refractivity contribution in [2.24, 2.45) is 0 Å². The van der Waals surface area contributed by atoms with E-state index in [2.05, 4.69) is 13.8 Å². The molecule has 0 aliphatic heterocycles. The van der Waals surface area contributed by atoms with E-state index in [0.717, 1.165) is 25.7 Å². The molecule has 0 aromatic rings. The van der Waals surface area contributed by atoms with Crippen molar-refractivity contribution in [3.8, 4) is 0 Å². The largest absolute Gasteiger partial charge is 0.462 e. The van der Waals surface area contributed by atoms with Crippen LogP contribution in [0.4, 0.5) is 0 Å². The van der Waals surface area contributed by atoms with Gasteiger partial charge in [-0.25, -0.2) is 0 Å². The Morgan fingerprint density at radius 3 is 1.57 bits per heavy atom. The molecule has 0 bridgehead atoms. The van der Waals surface area contributed by atoms with Crippen LogP contribution in [0.15, 0.2) is 0 Å². The molecular weight excluding hydrogens is 384 g/mol. The standard InChI is InChI=1S/C21H40O4.C3H8O2/c1-4-6-8-10-12-14-16-20(22)24-18-19(3)25-21(23)17-15-13-11-9-7-5-2;1-3(5)2-4/h19H,4-18H2,1-3H3;3-5H,2H2,1H3. The van der Waals surface area contributed by atoms with Crippen molar-refractivity contribution < 1.29 is 29.3 Å². The van der Waals surface area contributed by atoms with E-state index < -0.39 is 6.10 Å². The summed E-state index contributed by atoms with van der Waals surface area (Å²) in [6.45, 7) is 7.71. The molecule has 0 radical (unpaired) electrons. The molecule has 6 heteroatoms. The van der Waals surface area contributed by atoms with Crippen molar-refractivity contribution in [3.05, 3.63) is 0 Å². The highest BCUT2D eigenvalue weighted by Crippen LogP contribution is 2.09. The molecule has 30 heavy (non-hydrogen) atoms. The van der Waals surface area contributed by atoms with Crippen LogP contribution in [0.3, 0.4) is 0 Å². The number of hydrogen-bond acceptors (Lipinski definition) is 6. The molecule has 0 fully saturated rings. The molecule has 2 unspecified atom stereocenters. The lowest BCUT2D eigenvalue weighted by Crippen LogP contribution is -2.22. The van der Waals surface area contributed by atoms with Gasteiger partial charge < -0.3 is 19.7 Å². The minimum atomic E-state index is -0.560. The molecule has 0 amide bonds. The summed E-state index contributed by atoms with van der Waals surface area (Å²) in [6.07, 6.45) is 13.8. The van der Waals surface area contributed by atoms with Crippen molar-refractivity contribution in [2.75, 3.05) is 13.2 Å². The van der Waals surface area contributed by atoms with Gasteiger partial charge in [-0.05, 0) is 26.7 Å².